The molecule has 0 spiro atoms. The molecule has 1 atom stereocenters. The number of benzene rings is 1. The summed E-state index contributed by atoms with van der Waals surface area (Å²) in [6.07, 6.45) is 1.59. The molecule has 0 aromatic heterocycles. The van der Waals surface area contributed by atoms with Crippen LogP contribution in [0.4, 0.5) is 0 Å². The van der Waals surface area contributed by atoms with Gasteiger partial charge < -0.3 is 9.80 Å². The fraction of sp³-hybridized carbons (Fsp3) is 0.562. The van der Waals surface area contributed by atoms with Crippen molar-refractivity contribution >= 4 is 16.7 Å². The standard InChI is InChI=1S/C16H24N2O2S/c1-2-16(19)18-10-6-9-17(11-12-18)13-14-21(20)15-7-4-3-5-8-15/h3-5,7-8H,2,6,9-14H2,1H3. The number of rotatable bonds is 5. The molecule has 0 N–H and O–H groups in total. The first kappa shape index (κ1) is 16.2. The third-order valence-electron chi connectivity index (χ3n) is 3.84. The Bertz CT molecular complexity index is 478. The summed E-state index contributed by atoms with van der Waals surface area (Å²) in [5.74, 6) is 0.899. The smallest absolute Gasteiger partial charge is 0.222 e. The third kappa shape index (κ3) is 4.93. The van der Waals surface area contributed by atoms with Crippen molar-refractivity contribution in [2.45, 2.75) is 24.7 Å². The molecule has 1 unspecified atom stereocenters. The van der Waals surface area contributed by atoms with Crippen LogP contribution in [0.2, 0.25) is 0 Å². The fourth-order valence-electron chi connectivity index (χ4n) is 2.57. The maximum Gasteiger partial charge on any atom is 0.222 e. The van der Waals surface area contributed by atoms with Gasteiger partial charge in [0, 0.05) is 43.2 Å². The van der Waals surface area contributed by atoms with Crippen LogP contribution in [0.15, 0.2) is 35.2 Å². The van der Waals surface area contributed by atoms with E-state index in [-0.39, 0.29) is 5.91 Å². The van der Waals surface area contributed by atoms with Crippen LogP contribution in [0, 0.1) is 0 Å². The van der Waals surface area contributed by atoms with Crippen molar-refractivity contribution < 1.29 is 9.00 Å². The molecule has 0 bridgehead atoms. The van der Waals surface area contributed by atoms with E-state index in [1.165, 1.54) is 0 Å². The number of nitrogens with zero attached hydrogens (tertiary/aromatic N) is 2. The lowest BCUT2D eigenvalue weighted by Crippen LogP contribution is -2.35. The van der Waals surface area contributed by atoms with Crippen LogP contribution in [0.3, 0.4) is 0 Å². The molecule has 1 aromatic rings. The first-order chi connectivity index (χ1) is 10.2. The highest BCUT2D eigenvalue weighted by molar-refractivity contribution is 7.85. The number of carbonyl (C=O) groups excluding carboxylic acids is 1. The van der Waals surface area contributed by atoms with Gasteiger partial charge in [0.1, 0.15) is 0 Å². The second-order valence-corrected chi connectivity index (χ2v) is 6.86. The van der Waals surface area contributed by atoms with Gasteiger partial charge in [-0.25, -0.2) is 0 Å². The number of hydrogen-bond donors (Lipinski definition) is 0. The van der Waals surface area contributed by atoms with Crippen LogP contribution in [0.1, 0.15) is 19.8 Å². The summed E-state index contributed by atoms with van der Waals surface area (Å²) in [6, 6.07) is 9.62. The SMILES string of the molecule is CCC(=O)N1CCCN(CCS(=O)c2ccccc2)CC1. The first-order valence-corrected chi connectivity index (χ1v) is 8.96. The summed E-state index contributed by atoms with van der Waals surface area (Å²) < 4.78 is 12.2. The second-order valence-electron chi connectivity index (χ2n) is 5.29. The van der Waals surface area contributed by atoms with Crippen molar-refractivity contribution in [1.29, 1.82) is 0 Å². The van der Waals surface area contributed by atoms with Crippen molar-refractivity contribution in [3.05, 3.63) is 30.3 Å². The van der Waals surface area contributed by atoms with Crippen molar-refractivity contribution in [2.75, 3.05) is 38.5 Å². The van der Waals surface area contributed by atoms with Gasteiger partial charge in [0.15, 0.2) is 0 Å². The molecule has 1 heterocycles. The van der Waals surface area contributed by atoms with Gasteiger partial charge in [0.25, 0.3) is 0 Å². The second kappa shape index (κ2) is 8.29. The van der Waals surface area contributed by atoms with Crippen molar-refractivity contribution in [3.63, 3.8) is 0 Å². The molecule has 0 aliphatic carbocycles. The van der Waals surface area contributed by atoms with Gasteiger partial charge in [-0.1, -0.05) is 25.1 Å². The lowest BCUT2D eigenvalue weighted by atomic mass is 10.3. The van der Waals surface area contributed by atoms with E-state index in [0.29, 0.717) is 12.2 Å². The maximum absolute atomic E-state index is 12.2. The van der Waals surface area contributed by atoms with Crippen LogP contribution < -0.4 is 0 Å². The Morgan fingerprint density at radius 1 is 1.14 bits per heavy atom. The Morgan fingerprint density at radius 3 is 2.62 bits per heavy atom. The van der Waals surface area contributed by atoms with Gasteiger partial charge >= 0.3 is 0 Å². The molecule has 5 heteroatoms. The van der Waals surface area contributed by atoms with Gasteiger partial charge in [-0.05, 0) is 25.1 Å². The van der Waals surface area contributed by atoms with Gasteiger partial charge in [-0.15, -0.1) is 0 Å². The molecule has 0 radical (unpaired) electrons. The van der Waals surface area contributed by atoms with E-state index >= 15 is 0 Å². The van der Waals surface area contributed by atoms with Gasteiger partial charge in [-0.2, -0.15) is 0 Å². The van der Waals surface area contributed by atoms with Crippen molar-refractivity contribution in [3.8, 4) is 0 Å². The molecule has 2 rings (SSSR count). The molecule has 1 aliphatic rings. The average molecular weight is 308 g/mol. The van der Waals surface area contributed by atoms with Gasteiger partial charge in [0.05, 0.1) is 10.8 Å². The van der Waals surface area contributed by atoms with Crippen LogP contribution >= 0.6 is 0 Å². The van der Waals surface area contributed by atoms with E-state index in [1.807, 2.05) is 42.2 Å². The molecule has 116 valence electrons. The van der Waals surface area contributed by atoms with Crippen LogP contribution in [0.25, 0.3) is 0 Å². The predicted molar refractivity (Wildman–Crippen MR) is 85.6 cm³/mol. The van der Waals surface area contributed by atoms with Crippen molar-refractivity contribution in [2.24, 2.45) is 0 Å². The highest BCUT2D eigenvalue weighted by atomic mass is 32.2. The van der Waals surface area contributed by atoms with E-state index in [1.54, 1.807) is 0 Å². The monoisotopic (exact) mass is 308 g/mol. The normalized spacial score (nSPS) is 18.2. The third-order valence-corrected chi connectivity index (χ3v) is 5.19. The van der Waals surface area contributed by atoms with Crippen LogP contribution in [-0.2, 0) is 15.6 Å². The molecular formula is C16H24N2O2S. The summed E-state index contributed by atoms with van der Waals surface area (Å²) in [5, 5.41) is 0. The zero-order chi connectivity index (χ0) is 15.1. The molecule has 1 aromatic carbocycles. The van der Waals surface area contributed by atoms with E-state index in [0.717, 1.165) is 44.0 Å². The number of amides is 1. The zero-order valence-electron chi connectivity index (χ0n) is 12.7. The molecule has 0 saturated carbocycles. The number of carbonyl (C=O) groups is 1. The highest BCUT2D eigenvalue weighted by Crippen LogP contribution is 2.08. The zero-order valence-corrected chi connectivity index (χ0v) is 13.5. The molecular weight excluding hydrogens is 284 g/mol. The van der Waals surface area contributed by atoms with Crippen molar-refractivity contribution in [1.82, 2.24) is 9.80 Å². The summed E-state index contributed by atoms with van der Waals surface area (Å²) in [5.41, 5.74) is 0. The lowest BCUT2D eigenvalue weighted by molar-refractivity contribution is -0.130. The highest BCUT2D eigenvalue weighted by Gasteiger charge is 2.18. The molecule has 1 amide bonds. The summed E-state index contributed by atoms with van der Waals surface area (Å²) >= 11 is 0. The Balaban J connectivity index is 1.79. The van der Waals surface area contributed by atoms with Gasteiger partial charge in [0.2, 0.25) is 5.91 Å². The maximum atomic E-state index is 12.2. The summed E-state index contributed by atoms with van der Waals surface area (Å²) in [6.45, 7) is 6.26. The minimum Gasteiger partial charge on any atom is -0.341 e. The van der Waals surface area contributed by atoms with E-state index in [2.05, 4.69) is 4.90 Å². The van der Waals surface area contributed by atoms with Crippen LogP contribution in [-0.4, -0.2) is 58.4 Å². The number of hydrogen-bond acceptors (Lipinski definition) is 3. The van der Waals surface area contributed by atoms with E-state index < -0.39 is 10.8 Å². The lowest BCUT2D eigenvalue weighted by Gasteiger charge is -2.21. The largest absolute Gasteiger partial charge is 0.341 e. The molecule has 1 aliphatic heterocycles. The minimum atomic E-state index is -0.932. The fourth-order valence-corrected chi connectivity index (χ4v) is 3.69. The average Bonchev–Trinajstić information content (AvgIpc) is 2.78. The Morgan fingerprint density at radius 2 is 1.90 bits per heavy atom. The Kier molecular flexibility index (Phi) is 6.39. The Hall–Kier alpha value is -1.20. The summed E-state index contributed by atoms with van der Waals surface area (Å²) in [7, 11) is -0.932. The van der Waals surface area contributed by atoms with Gasteiger partial charge in [-0.3, -0.25) is 9.00 Å². The molecule has 21 heavy (non-hydrogen) atoms. The predicted octanol–water partition coefficient (Wildman–Crippen LogP) is 1.74. The summed E-state index contributed by atoms with van der Waals surface area (Å²) in [4.78, 5) is 16.9. The van der Waals surface area contributed by atoms with E-state index in [4.69, 9.17) is 0 Å². The van der Waals surface area contributed by atoms with Crippen LogP contribution in [0.5, 0.6) is 0 Å². The topological polar surface area (TPSA) is 40.6 Å². The molecule has 4 nitrogen and oxygen atoms in total. The minimum absolute atomic E-state index is 0.240. The Labute approximate surface area is 129 Å². The first-order valence-electron chi connectivity index (χ1n) is 7.64. The van der Waals surface area contributed by atoms with E-state index in [9.17, 15) is 9.00 Å². The molecule has 1 saturated heterocycles. The quantitative estimate of drug-likeness (QED) is 0.832. The molecule has 1 fully saturated rings.